The molecule has 1 fully saturated rings. The zero-order chi connectivity index (χ0) is 28.2. The van der Waals surface area contributed by atoms with E-state index < -0.39 is 18.0 Å². The highest BCUT2D eigenvalue weighted by atomic mass is 16.4. The van der Waals surface area contributed by atoms with E-state index in [0.29, 0.717) is 12.1 Å². The highest BCUT2D eigenvalue weighted by molar-refractivity contribution is 5.91. The lowest BCUT2D eigenvalue weighted by Gasteiger charge is -2.27. The Morgan fingerprint density at radius 2 is 1.44 bits per heavy atom. The molecule has 39 heavy (non-hydrogen) atoms. The van der Waals surface area contributed by atoms with Crippen LogP contribution in [-0.2, 0) is 11.3 Å². The van der Waals surface area contributed by atoms with Gasteiger partial charge in [0.2, 0.25) is 5.91 Å². The highest BCUT2D eigenvalue weighted by Gasteiger charge is 2.20. The van der Waals surface area contributed by atoms with Crippen molar-refractivity contribution in [1.29, 1.82) is 0 Å². The molecule has 0 heterocycles. The molecule has 1 atom stereocenters. The number of primary amides is 1. The number of rotatable bonds is 7. The molecule has 0 radical (unpaired) electrons. The number of nitrogens with two attached hydrogens (primary N) is 1. The number of para-hydroxylation sites is 1. The van der Waals surface area contributed by atoms with Crippen molar-refractivity contribution < 1.29 is 19.5 Å². The van der Waals surface area contributed by atoms with E-state index in [9.17, 15) is 14.4 Å². The summed E-state index contributed by atoms with van der Waals surface area (Å²) < 4.78 is 0. The Bertz CT molecular complexity index is 1190. The number of benzene rings is 3. The molecule has 0 aromatic heterocycles. The number of hydrogen-bond donors (Lipinski definition) is 3. The summed E-state index contributed by atoms with van der Waals surface area (Å²) in [6.07, 6.45) is 5.44. The molecule has 3 aromatic carbocycles. The third-order valence-electron chi connectivity index (χ3n) is 6.76. The van der Waals surface area contributed by atoms with Gasteiger partial charge in [-0.2, -0.15) is 0 Å². The van der Waals surface area contributed by atoms with Crippen molar-refractivity contribution in [3.63, 3.8) is 0 Å². The van der Waals surface area contributed by atoms with E-state index in [2.05, 4.69) is 24.3 Å². The maximum atomic E-state index is 12.6. The number of carboxylic acid groups (broad SMARTS) is 1. The molecule has 8 heteroatoms. The first-order valence-corrected chi connectivity index (χ1v) is 13.2. The van der Waals surface area contributed by atoms with E-state index >= 15 is 0 Å². The van der Waals surface area contributed by atoms with Crippen LogP contribution in [0.4, 0.5) is 15.3 Å². The van der Waals surface area contributed by atoms with Gasteiger partial charge in [0.05, 0.1) is 6.54 Å². The molecule has 1 aliphatic carbocycles. The molecule has 1 aliphatic rings. The van der Waals surface area contributed by atoms with Crippen LogP contribution in [0.2, 0.25) is 0 Å². The lowest BCUT2D eigenvalue weighted by molar-refractivity contribution is -0.120. The van der Waals surface area contributed by atoms with E-state index in [1.54, 1.807) is 49.3 Å². The Labute approximate surface area is 230 Å². The largest absolute Gasteiger partial charge is 0.465 e. The van der Waals surface area contributed by atoms with Crippen molar-refractivity contribution >= 4 is 23.7 Å². The van der Waals surface area contributed by atoms with Gasteiger partial charge in [-0.15, -0.1) is 0 Å². The monoisotopic (exact) mass is 530 g/mol. The quantitative estimate of drug-likeness (QED) is 0.352. The molecule has 8 nitrogen and oxygen atoms in total. The minimum absolute atomic E-state index is 0.00237. The lowest BCUT2D eigenvalue weighted by Crippen LogP contribution is -2.38. The van der Waals surface area contributed by atoms with Gasteiger partial charge in [-0.25, -0.2) is 9.59 Å². The van der Waals surface area contributed by atoms with Crippen molar-refractivity contribution in [3.8, 4) is 0 Å². The molecule has 1 saturated carbocycles. The van der Waals surface area contributed by atoms with Gasteiger partial charge in [-0.1, -0.05) is 92.1 Å². The molecule has 4 amide bonds. The Hall–Kier alpha value is -4.33. The van der Waals surface area contributed by atoms with E-state index in [-0.39, 0.29) is 6.03 Å². The number of urea groups is 1. The Balaban J connectivity index is 0.000000255. The minimum atomic E-state index is -1.28. The summed E-state index contributed by atoms with van der Waals surface area (Å²) >= 11 is 0. The summed E-state index contributed by atoms with van der Waals surface area (Å²) in [5.74, 6) is -0.00460. The fraction of sp³-hybridized carbons (Fsp3) is 0.323. The average molecular weight is 531 g/mol. The van der Waals surface area contributed by atoms with Crippen LogP contribution in [-0.4, -0.2) is 42.1 Å². The number of carbonyl (C=O) groups excluding carboxylic acids is 2. The number of anilines is 1. The second-order valence-electron chi connectivity index (χ2n) is 9.87. The average Bonchev–Trinajstić information content (AvgIpc) is 2.96. The van der Waals surface area contributed by atoms with Crippen LogP contribution in [0.3, 0.4) is 0 Å². The predicted molar refractivity (Wildman–Crippen MR) is 154 cm³/mol. The lowest BCUT2D eigenvalue weighted by atomic mass is 9.84. The van der Waals surface area contributed by atoms with Crippen molar-refractivity contribution in [2.75, 3.05) is 19.0 Å². The number of amides is 4. The van der Waals surface area contributed by atoms with Gasteiger partial charge in [0.25, 0.3) is 0 Å². The third kappa shape index (κ3) is 8.88. The van der Waals surface area contributed by atoms with Gasteiger partial charge in [-0.3, -0.25) is 9.69 Å². The summed E-state index contributed by atoms with van der Waals surface area (Å²) in [4.78, 5) is 37.4. The summed E-state index contributed by atoms with van der Waals surface area (Å²) in [6.45, 7) is 0.589. The van der Waals surface area contributed by atoms with Crippen molar-refractivity contribution in [2.24, 2.45) is 5.73 Å². The molecular weight excluding hydrogens is 492 g/mol. The van der Waals surface area contributed by atoms with Crippen LogP contribution in [0.25, 0.3) is 0 Å². The molecule has 0 unspecified atom stereocenters. The molecule has 4 N–H and O–H groups in total. The maximum absolute atomic E-state index is 12.6. The predicted octanol–water partition coefficient (Wildman–Crippen LogP) is 5.90. The first-order valence-electron chi connectivity index (χ1n) is 13.2. The van der Waals surface area contributed by atoms with Crippen LogP contribution in [0.1, 0.15) is 60.8 Å². The summed E-state index contributed by atoms with van der Waals surface area (Å²) in [5.41, 5.74) is 9.13. The second kappa shape index (κ2) is 14.6. The van der Waals surface area contributed by atoms with Gasteiger partial charge >= 0.3 is 12.1 Å². The van der Waals surface area contributed by atoms with Crippen LogP contribution in [0, 0.1) is 0 Å². The van der Waals surface area contributed by atoms with Gasteiger partial charge in [0.15, 0.2) is 0 Å². The SMILES string of the molecule is CN(C)C(=O)N(Cc1ccc(C2CCCCC2)cc1)c1ccccc1.NC(=O)[C@@H](NC(=O)O)c1ccccc1. The number of nitrogens with one attached hydrogen (secondary N) is 1. The van der Waals surface area contributed by atoms with Crippen molar-refractivity contribution in [3.05, 3.63) is 102 Å². The fourth-order valence-electron chi connectivity index (χ4n) is 4.72. The maximum Gasteiger partial charge on any atom is 0.405 e. The van der Waals surface area contributed by atoms with Gasteiger partial charge in [0, 0.05) is 19.8 Å². The first-order chi connectivity index (χ1) is 18.8. The zero-order valence-corrected chi connectivity index (χ0v) is 22.6. The Morgan fingerprint density at radius 3 is 1.95 bits per heavy atom. The zero-order valence-electron chi connectivity index (χ0n) is 22.6. The molecule has 4 rings (SSSR count). The minimum Gasteiger partial charge on any atom is -0.465 e. The summed E-state index contributed by atoms with van der Waals surface area (Å²) in [7, 11) is 3.59. The fourth-order valence-corrected chi connectivity index (χ4v) is 4.72. The molecule has 0 bridgehead atoms. The molecule has 0 spiro atoms. The van der Waals surface area contributed by atoms with Crippen LogP contribution in [0.15, 0.2) is 84.9 Å². The molecule has 0 saturated heterocycles. The van der Waals surface area contributed by atoms with E-state index in [0.717, 1.165) is 11.6 Å². The topological polar surface area (TPSA) is 116 Å². The van der Waals surface area contributed by atoms with Gasteiger partial charge in [0.1, 0.15) is 6.04 Å². The summed E-state index contributed by atoms with van der Waals surface area (Å²) in [5, 5.41) is 10.5. The van der Waals surface area contributed by atoms with E-state index in [1.165, 1.54) is 43.2 Å². The highest BCUT2D eigenvalue weighted by Crippen LogP contribution is 2.32. The summed E-state index contributed by atoms with van der Waals surface area (Å²) in [6, 6.07) is 26.2. The van der Waals surface area contributed by atoms with Gasteiger partial charge in [-0.05, 0) is 47.6 Å². The number of carbonyl (C=O) groups is 3. The van der Waals surface area contributed by atoms with Crippen molar-refractivity contribution in [2.45, 2.75) is 50.6 Å². The standard InChI is InChI=1S/C22H28N2O.C9H10N2O3/c1-23(2)22(25)24(21-11-7-4-8-12-21)17-18-13-15-20(16-14-18)19-9-5-3-6-10-19;10-8(12)7(11-9(13)14)6-4-2-1-3-5-6/h4,7-8,11-16,19H,3,5-6,9-10,17H2,1-2H3;1-5,7,11H,(H2,10,12)(H,13,14)/t;7-/m.0/s1. The Kier molecular flexibility index (Phi) is 10.9. The Morgan fingerprint density at radius 1 is 0.872 bits per heavy atom. The number of nitrogens with zero attached hydrogens (tertiary/aromatic N) is 2. The second-order valence-corrected chi connectivity index (χ2v) is 9.87. The molecule has 206 valence electrons. The smallest absolute Gasteiger partial charge is 0.405 e. The molecule has 3 aromatic rings. The van der Waals surface area contributed by atoms with Gasteiger partial charge < -0.3 is 21.1 Å². The van der Waals surface area contributed by atoms with E-state index in [1.807, 2.05) is 40.5 Å². The molecular formula is C31H38N4O4. The van der Waals surface area contributed by atoms with E-state index in [4.69, 9.17) is 10.8 Å². The third-order valence-corrected chi connectivity index (χ3v) is 6.76. The number of hydrogen-bond acceptors (Lipinski definition) is 3. The van der Waals surface area contributed by atoms with Crippen LogP contribution < -0.4 is 16.0 Å². The van der Waals surface area contributed by atoms with Crippen LogP contribution >= 0.6 is 0 Å². The first kappa shape index (κ1) is 29.2. The van der Waals surface area contributed by atoms with Crippen LogP contribution in [0.5, 0.6) is 0 Å². The molecule has 0 aliphatic heterocycles. The van der Waals surface area contributed by atoms with Crippen molar-refractivity contribution in [1.82, 2.24) is 10.2 Å². The normalized spacial score (nSPS) is 13.8.